The van der Waals surface area contributed by atoms with E-state index >= 15 is 0 Å². The van der Waals surface area contributed by atoms with Crippen molar-refractivity contribution in [1.29, 1.82) is 0 Å². The molecule has 15 heavy (non-hydrogen) atoms. The zero-order valence-electron chi connectivity index (χ0n) is 8.68. The fourth-order valence-corrected chi connectivity index (χ4v) is 1.19. The van der Waals surface area contributed by atoms with E-state index in [-0.39, 0.29) is 24.8 Å². The van der Waals surface area contributed by atoms with Crippen molar-refractivity contribution in [3.63, 3.8) is 0 Å². The lowest BCUT2D eigenvalue weighted by Crippen LogP contribution is -2.35. The monoisotopic (exact) mass is 213 g/mol. The first kappa shape index (κ1) is 11.7. The van der Waals surface area contributed by atoms with Crippen molar-refractivity contribution in [3.05, 3.63) is 24.2 Å². The van der Waals surface area contributed by atoms with Crippen LogP contribution in [0, 0.1) is 0 Å². The number of rotatable bonds is 6. The molecule has 1 rings (SSSR count). The largest absolute Gasteiger partial charge is 0.459 e. The molecule has 5 heteroatoms. The minimum absolute atomic E-state index is 0.0733. The highest BCUT2D eigenvalue weighted by Crippen LogP contribution is 2.05. The molecule has 0 aromatic carbocycles. The predicted molar refractivity (Wildman–Crippen MR) is 53.6 cm³/mol. The summed E-state index contributed by atoms with van der Waals surface area (Å²) in [6.07, 6.45) is 1.45. The first-order valence-corrected chi connectivity index (χ1v) is 4.72. The molecule has 0 radical (unpaired) electrons. The van der Waals surface area contributed by atoms with Gasteiger partial charge in [-0.1, -0.05) is 0 Å². The van der Waals surface area contributed by atoms with Gasteiger partial charge in [0, 0.05) is 20.2 Å². The summed E-state index contributed by atoms with van der Waals surface area (Å²) in [7, 11) is 1.56. The second-order valence-corrected chi connectivity index (χ2v) is 2.99. The molecule has 0 unspecified atom stereocenters. The Labute approximate surface area is 88.2 Å². The number of aliphatic hydroxyl groups excluding tert-OH is 1. The lowest BCUT2D eigenvalue weighted by molar-refractivity contribution is 0.0626. The van der Waals surface area contributed by atoms with Crippen LogP contribution in [0.5, 0.6) is 0 Å². The van der Waals surface area contributed by atoms with Gasteiger partial charge in [0.15, 0.2) is 5.76 Å². The maximum Gasteiger partial charge on any atom is 0.289 e. The molecular weight excluding hydrogens is 198 g/mol. The maximum absolute atomic E-state index is 11.8. The number of hydrogen-bond donors (Lipinski definition) is 1. The van der Waals surface area contributed by atoms with Crippen molar-refractivity contribution < 1.29 is 19.1 Å². The van der Waals surface area contributed by atoms with E-state index in [2.05, 4.69) is 0 Å². The molecule has 1 N–H and O–H groups in total. The number of carbonyl (C=O) groups excluding carboxylic acids is 1. The lowest BCUT2D eigenvalue weighted by Gasteiger charge is -2.19. The number of nitrogens with zero attached hydrogens (tertiary/aromatic N) is 1. The number of carbonyl (C=O) groups is 1. The van der Waals surface area contributed by atoms with Gasteiger partial charge in [0.1, 0.15) is 0 Å². The Kier molecular flexibility index (Phi) is 4.86. The van der Waals surface area contributed by atoms with Crippen LogP contribution in [0.15, 0.2) is 22.8 Å². The molecule has 0 fully saturated rings. The van der Waals surface area contributed by atoms with Crippen LogP contribution in [0.3, 0.4) is 0 Å². The topological polar surface area (TPSA) is 62.9 Å². The van der Waals surface area contributed by atoms with Gasteiger partial charge in [0.2, 0.25) is 0 Å². The van der Waals surface area contributed by atoms with Crippen molar-refractivity contribution >= 4 is 5.91 Å². The summed E-state index contributed by atoms with van der Waals surface area (Å²) in [6, 6.07) is 3.25. The molecule has 0 atom stereocenters. The molecule has 0 spiro atoms. The van der Waals surface area contributed by atoms with E-state index in [1.807, 2.05) is 0 Å². The lowest BCUT2D eigenvalue weighted by atomic mass is 10.3. The van der Waals surface area contributed by atoms with Crippen LogP contribution in [0.1, 0.15) is 10.6 Å². The van der Waals surface area contributed by atoms with E-state index in [1.54, 1.807) is 19.2 Å². The predicted octanol–water partition coefficient (Wildman–Crippen LogP) is 0.361. The molecule has 0 saturated heterocycles. The summed E-state index contributed by atoms with van der Waals surface area (Å²) in [5.74, 6) is 0.0469. The van der Waals surface area contributed by atoms with Crippen molar-refractivity contribution in [2.45, 2.75) is 0 Å². The first-order valence-electron chi connectivity index (χ1n) is 4.72. The third-order valence-electron chi connectivity index (χ3n) is 1.95. The molecule has 1 amide bonds. The van der Waals surface area contributed by atoms with Crippen molar-refractivity contribution in [2.24, 2.45) is 0 Å². The van der Waals surface area contributed by atoms with Crippen molar-refractivity contribution in [1.82, 2.24) is 4.90 Å². The van der Waals surface area contributed by atoms with Gasteiger partial charge < -0.3 is 19.2 Å². The SMILES string of the molecule is COCCN(CCO)C(=O)c1ccco1. The highest BCUT2D eigenvalue weighted by atomic mass is 16.5. The Bertz CT molecular complexity index is 284. The standard InChI is InChI=1S/C10H15NO4/c1-14-8-5-11(4-6-12)10(13)9-3-2-7-15-9/h2-3,7,12H,4-6,8H2,1H3. The number of aliphatic hydroxyl groups is 1. The molecule has 0 bridgehead atoms. The number of amides is 1. The zero-order valence-corrected chi connectivity index (χ0v) is 8.68. The number of methoxy groups -OCH3 is 1. The molecular formula is C10H15NO4. The van der Waals surface area contributed by atoms with Crippen LogP contribution in [0.4, 0.5) is 0 Å². The molecule has 0 aliphatic carbocycles. The van der Waals surface area contributed by atoms with E-state index in [0.717, 1.165) is 0 Å². The Balaban J connectivity index is 2.58. The average molecular weight is 213 g/mol. The number of hydrogen-bond acceptors (Lipinski definition) is 4. The van der Waals surface area contributed by atoms with Crippen LogP contribution in [-0.2, 0) is 4.74 Å². The van der Waals surface area contributed by atoms with Crippen LogP contribution in [-0.4, -0.2) is 49.3 Å². The normalized spacial score (nSPS) is 10.3. The molecule has 0 aliphatic heterocycles. The highest BCUT2D eigenvalue weighted by molar-refractivity contribution is 5.91. The highest BCUT2D eigenvalue weighted by Gasteiger charge is 2.16. The van der Waals surface area contributed by atoms with Gasteiger partial charge in [-0.2, -0.15) is 0 Å². The minimum atomic E-state index is -0.230. The first-order chi connectivity index (χ1) is 7.29. The van der Waals surface area contributed by atoms with E-state index < -0.39 is 0 Å². The summed E-state index contributed by atoms with van der Waals surface area (Å²) < 4.78 is 9.87. The van der Waals surface area contributed by atoms with Gasteiger partial charge in [-0.3, -0.25) is 4.79 Å². The van der Waals surface area contributed by atoms with Gasteiger partial charge in [0.05, 0.1) is 19.5 Å². The van der Waals surface area contributed by atoms with Gasteiger partial charge in [-0.05, 0) is 12.1 Å². The van der Waals surface area contributed by atoms with E-state index in [9.17, 15) is 4.79 Å². The van der Waals surface area contributed by atoms with Gasteiger partial charge in [-0.15, -0.1) is 0 Å². The van der Waals surface area contributed by atoms with Gasteiger partial charge >= 0.3 is 0 Å². The summed E-state index contributed by atoms with van der Waals surface area (Å²) in [5.41, 5.74) is 0. The maximum atomic E-state index is 11.8. The molecule has 0 aliphatic rings. The van der Waals surface area contributed by atoms with Gasteiger partial charge in [-0.25, -0.2) is 0 Å². The van der Waals surface area contributed by atoms with Gasteiger partial charge in [0.25, 0.3) is 5.91 Å². The quantitative estimate of drug-likeness (QED) is 0.741. The summed E-state index contributed by atoms with van der Waals surface area (Å²) in [6.45, 7) is 1.09. The molecule has 5 nitrogen and oxygen atoms in total. The Morgan fingerprint density at radius 3 is 2.93 bits per heavy atom. The van der Waals surface area contributed by atoms with Crippen molar-refractivity contribution in [2.75, 3.05) is 33.4 Å². The second kappa shape index (κ2) is 6.21. The van der Waals surface area contributed by atoms with Crippen molar-refractivity contribution in [3.8, 4) is 0 Å². The fourth-order valence-electron chi connectivity index (χ4n) is 1.19. The van der Waals surface area contributed by atoms with Crippen LogP contribution in [0.25, 0.3) is 0 Å². The van der Waals surface area contributed by atoms with Crippen LogP contribution < -0.4 is 0 Å². The Hall–Kier alpha value is -1.33. The molecule has 1 heterocycles. The summed E-state index contributed by atoms with van der Waals surface area (Å²) in [5, 5.41) is 8.82. The number of furan rings is 1. The second-order valence-electron chi connectivity index (χ2n) is 2.99. The van der Waals surface area contributed by atoms with E-state index in [0.29, 0.717) is 13.2 Å². The third kappa shape index (κ3) is 3.38. The van der Waals surface area contributed by atoms with Crippen LogP contribution >= 0.6 is 0 Å². The Morgan fingerprint density at radius 2 is 2.40 bits per heavy atom. The smallest absolute Gasteiger partial charge is 0.289 e. The molecule has 1 aromatic rings. The Morgan fingerprint density at radius 1 is 1.60 bits per heavy atom. The molecule has 1 aromatic heterocycles. The minimum Gasteiger partial charge on any atom is -0.459 e. The summed E-state index contributed by atoms with van der Waals surface area (Å²) in [4.78, 5) is 13.3. The van der Waals surface area contributed by atoms with Crippen LogP contribution in [0.2, 0.25) is 0 Å². The van der Waals surface area contributed by atoms with E-state index in [1.165, 1.54) is 11.2 Å². The zero-order chi connectivity index (χ0) is 11.1. The third-order valence-corrected chi connectivity index (χ3v) is 1.95. The summed E-state index contributed by atoms with van der Waals surface area (Å²) >= 11 is 0. The van der Waals surface area contributed by atoms with E-state index in [4.69, 9.17) is 14.3 Å². The molecule has 0 saturated carbocycles. The fraction of sp³-hybridized carbons (Fsp3) is 0.500. The average Bonchev–Trinajstić information content (AvgIpc) is 2.76. The number of ether oxygens (including phenoxy) is 1. The molecule has 84 valence electrons.